The molecule has 8 nitrogen and oxygen atoms in total. The number of hydroxylamine groups is 2. The molecule has 0 unspecified atom stereocenters. The molecule has 2 aromatic rings. The van der Waals surface area contributed by atoms with Crippen molar-refractivity contribution in [2.75, 3.05) is 0 Å². The van der Waals surface area contributed by atoms with Gasteiger partial charge in [0.05, 0.1) is 0 Å². The third-order valence-electron chi connectivity index (χ3n) is 4.25. The molecular weight excluding hydrogens is 390 g/mol. The molecule has 2 rings (SSSR count). The summed E-state index contributed by atoms with van der Waals surface area (Å²) in [6.07, 6.45) is 0.113. The molecule has 160 valence electrons. The first-order valence-corrected chi connectivity index (χ1v) is 9.62. The lowest BCUT2D eigenvalue weighted by Gasteiger charge is -2.26. The van der Waals surface area contributed by atoms with Crippen LogP contribution in [0.5, 0.6) is 5.75 Å². The average Bonchev–Trinajstić information content (AvgIpc) is 2.74. The number of ether oxygens (including phenoxy) is 1. The van der Waals surface area contributed by atoms with Gasteiger partial charge in [0, 0.05) is 12.8 Å². The third-order valence-corrected chi connectivity index (χ3v) is 4.25. The maximum Gasteiger partial charge on any atom is 0.444 e. The summed E-state index contributed by atoms with van der Waals surface area (Å²) in [5.41, 5.74) is 1.24. The molecule has 2 aromatic carbocycles. The van der Waals surface area contributed by atoms with E-state index in [4.69, 9.17) is 9.57 Å². The zero-order valence-corrected chi connectivity index (χ0v) is 16.7. The van der Waals surface area contributed by atoms with E-state index < -0.39 is 24.1 Å². The minimum atomic E-state index is -1.50. The second kappa shape index (κ2) is 11.5. The number of hydrogen-bond donors (Lipinski definition) is 2. The molecule has 8 heteroatoms. The molecule has 0 spiro atoms. The van der Waals surface area contributed by atoms with E-state index in [1.807, 2.05) is 13.0 Å². The number of benzene rings is 2. The number of rotatable bonds is 9. The summed E-state index contributed by atoms with van der Waals surface area (Å²) in [5.74, 6) is -2.05. The van der Waals surface area contributed by atoms with Crippen molar-refractivity contribution >= 4 is 18.0 Å². The SMILES string of the molecule is CCCCC(=O)ON(C(=O)OCc1ccccc1)[C@@H](Cc1ccc(O)cc1)C(=O)O. The zero-order chi connectivity index (χ0) is 21.9. The lowest BCUT2D eigenvalue weighted by atomic mass is 10.1. The molecule has 0 aliphatic heterocycles. The first-order chi connectivity index (χ1) is 14.4. The van der Waals surface area contributed by atoms with Gasteiger partial charge in [0.2, 0.25) is 0 Å². The Hall–Kier alpha value is -3.55. The van der Waals surface area contributed by atoms with Gasteiger partial charge in [-0.15, -0.1) is 5.06 Å². The van der Waals surface area contributed by atoms with E-state index >= 15 is 0 Å². The van der Waals surface area contributed by atoms with Gasteiger partial charge in [0.25, 0.3) is 0 Å². The Labute approximate surface area is 174 Å². The highest BCUT2D eigenvalue weighted by Crippen LogP contribution is 2.17. The predicted molar refractivity (Wildman–Crippen MR) is 107 cm³/mol. The van der Waals surface area contributed by atoms with Gasteiger partial charge >= 0.3 is 18.0 Å². The van der Waals surface area contributed by atoms with Crippen LogP contribution in [0.25, 0.3) is 0 Å². The third kappa shape index (κ3) is 7.12. The number of unbranched alkanes of at least 4 members (excludes halogenated alkanes) is 1. The normalized spacial score (nSPS) is 11.4. The van der Waals surface area contributed by atoms with Crippen LogP contribution in [0, 0.1) is 0 Å². The van der Waals surface area contributed by atoms with Crippen LogP contribution in [-0.2, 0) is 32.2 Å². The number of phenols is 1. The highest BCUT2D eigenvalue weighted by molar-refractivity contribution is 5.81. The van der Waals surface area contributed by atoms with Crippen LogP contribution >= 0.6 is 0 Å². The van der Waals surface area contributed by atoms with Crippen LogP contribution in [0.3, 0.4) is 0 Å². The van der Waals surface area contributed by atoms with Crippen LogP contribution in [0.2, 0.25) is 0 Å². The summed E-state index contributed by atoms with van der Waals surface area (Å²) in [5, 5.41) is 19.6. The molecule has 2 N–H and O–H groups in total. The maximum absolute atomic E-state index is 12.6. The summed E-state index contributed by atoms with van der Waals surface area (Å²) in [7, 11) is 0. The number of carbonyl (C=O) groups excluding carboxylic acids is 2. The first kappa shape index (κ1) is 22.7. The molecule has 0 fully saturated rings. The van der Waals surface area contributed by atoms with E-state index in [0.29, 0.717) is 22.6 Å². The number of hydrogen-bond acceptors (Lipinski definition) is 6. The van der Waals surface area contributed by atoms with Crippen LogP contribution in [0.1, 0.15) is 37.3 Å². The van der Waals surface area contributed by atoms with Gasteiger partial charge in [-0.1, -0.05) is 55.8 Å². The molecule has 0 saturated heterocycles. The van der Waals surface area contributed by atoms with E-state index in [2.05, 4.69) is 0 Å². The minimum Gasteiger partial charge on any atom is -0.508 e. The molecule has 0 heterocycles. The number of phenolic OH excluding ortho intramolecular Hbond substituents is 1. The van der Waals surface area contributed by atoms with Gasteiger partial charge in [0.1, 0.15) is 12.4 Å². The van der Waals surface area contributed by atoms with Crippen LogP contribution in [-0.4, -0.2) is 39.3 Å². The number of amides is 1. The summed E-state index contributed by atoms with van der Waals surface area (Å²) in [6.45, 7) is 1.79. The van der Waals surface area contributed by atoms with Crippen molar-refractivity contribution in [1.82, 2.24) is 5.06 Å². The van der Waals surface area contributed by atoms with Gasteiger partial charge in [-0.3, -0.25) is 0 Å². The predicted octanol–water partition coefficient (Wildman–Crippen LogP) is 3.68. The number of aliphatic carboxylic acids is 1. The topological polar surface area (TPSA) is 113 Å². The molecule has 1 amide bonds. The Kier molecular flexibility index (Phi) is 8.68. The van der Waals surface area contributed by atoms with Crippen molar-refractivity contribution in [3.05, 3.63) is 65.7 Å². The highest BCUT2D eigenvalue weighted by Gasteiger charge is 2.35. The largest absolute Gasteiger partial charge is 0.508 e. The van der Waals surface area contributed by atoms with Crippen molar-refractivity contribution in [2.24, 2.45) is 0 Å². The number of aromatic hydroxyl groups is 1. The van der Waals surface area contributed by atoms with Gasteiger partial charge in [-0.2, -0.15) is 0 Å². The molecule has 0 bridgehead atoms. The Morgan fingerprint density at radius 2 is 1.67 bits per heavy atom. The number of nitrogens with zero attached hydrogens (tertiary/aromatic N) is 1. The Bertz CT molecular complexity index is 836. The number of carboxylic acid groups (broad SMARTS) is 1. The second-order valence-electron chi connectivity index (χ2n) is 6.66. The van der Waals surface area contributed by atoms with E-state index in [1.165, 1.54) is 24.3 Å². The van der Waals surface area contributed by atoms with Gasteiger partial charge < -0.3 is 19.8 Å². The molecular formula is C22H25NO7. The molecule has 30 heavy (non-hydrogen) atoms. The standard InChI is InChI=1S/C22H25NO7/c1-2-3-9-20(25)30-23(22(28)29-15-17-7-5-4-6-8-17)19(21(26)27)14-16-10-12-18(24)13-11-16/h4-8,10-13,19,24H,2-3,9,14-15H2,1H3,(H,26,27)/t19-/m0/s1. The summed E-state index contributed by atoms with van der Waals surface area (Å²) >= 11 is 0. The van der Waals surface area contributed by atoms with Crippen molar-refractivity contribution < 1.29 is 34.2 Å². The van der Waals surface area contributed by atoms with Gasteiger partial charge in [0.15, 0.2) is 6.04 Å². The van der Waals surface area contributed by atoms with Crippen molar-refractivity contribution in [2.45, 2.75) is 45.3 Å². The number of carboxylic acids is 1. The molecule has 0 saturated carbocycles. The minimum absolute atomic E-state index is 0.0238. The molecule has 0 aliphatic carbocycles. The lowest BCUT2D eigenvalue weighted by Crippen LogP contribution is -2.47. The Morgan fingerprint density at radius 3 is 2.27 bits per heavy atom. The van der Waals surface area contributed by atoms with Crippen LogP contribution < -0.4 is 0 Å². The monoisotopic (exact) mass is 415 g/mol. The smallest absolute Gasteiger partial charge is 0.444 e. The van der Waals surface area contributed by atoms with Crippen molar-refractivity contribution in [3.8, 4) is 5.75 Å². The van der Waals surface area contributed by atoms with E-state index in [-0.39, 0.29) is 25.2 Å². The van der Waals surface area contributed by atoms with Gasteiger partial charge in [-0.05, 0) is 29.7 Å². The van der Waals surface area contributed by atoms with E-state index in [1.54, 1.807) is 24.3 Å². The summed E-state index contributed by atoms with van der Waals surface area (Å²) in [4.78, 5) is 41.8. The molecule has 1 atom stereocenters. The van der Waals surface area contributed by atoms with Crippen molar-refractivity contribution in [1.29, 1.82) is 0 Å². The molecule has 0 aliphatic rings. The lowest BCUT2D eigenvalue weighted by molar-refractivity contribution is -0.196. The number of carbonyl (C=O) groups is 3. The molecule has 0 radical (unpaired) electrons. The molecule has 0 aromatic heterocycles. The second-order valence-corrected chi connectivity index (χ2v) is 6.66. The summed E-state index contributed by atoms with van der Waals surface area (Å²) < 4.78 is 5.19. The van der Waals surface area contributed by atoms with Gasteiger partial charge in [-0.25, -0.2) is 14.4 Å². The van der Waals surface area contributed by atoms with E-state index in [0.717, 1.165) is 6.42 Å². The first-order valence-electron chi connectivity index (χ1n) is 9.62. The van der Waals surface area contributed by atoms with E-state index in [9.17, 15) is 24.6 Å². The van der Waals surface area contributed by atoms with Crippen molar-refractivity contribution in [3.63, 3.8) is 0 Å². The maximum atomic E-state index is 12.6. The fourth-order valence-corrected chi connectivity index (χ4v) is 2.61. The summed E-state index contributed by atoms with van der Waals surface area (Å²) in [6, 6.07) is 13.2. The quantitative estimate of drug-likeness (QED) is 0.601. The fraction of sp³-hybridized carbons (Fsp3) is 0.318. The van der Waals surface area contributed by atoms with Crippen LogP contribution in [0.15, 0.2) is 54.6 Å². The highest BCUT2D eigenvalue weighted by atomic mass is 16.8. The van der Waals surface area contributed by atoms with Crippen LogP contribution in [0.4, 0.5) is 4.79 Å². The Morgan fingerprint density at radius 1 is 1.00 bits per heavy atom. The average molecular weight is 415 g/mol. The zero-order valence-electron chi connectivity index (χ0n) is 16.7. The Balaban J connectivity index is 2.19. The fourth-order valence-electron chi connectivity index (χ4n) is 2.61.